The molecule has 0 saturated heterocycles. The van der Waals surface area contributed by atoms with Crippen LogP contribution in [0.15, 0.2) is 53.0 Å². The highest BCUT2D eigenvalue weighted by Gasteiger charge is 2.10. The zero-order valence-corrected chi connectivity index (χ0v) is 11.7. The number of rotatable bonds is 3. The average Bonchev–Trinajstić information content (AvgIpc) is 2.42. The molecule has 2 aromatic rings. The second kappa shape index (κ2) is 5.70. The fourth-order valence-electron chi connectivity index (χ4n) is 1.90. The summed E-state index contributed by atoms with van der Waals surface area (Å²) in [6, 6.07) is 18.0. The summed E-state index contributed by atoms with van der Waals surface area (Å²) >= 11 is 3.53. The third-order valence-electron chi connectivity index (χ3n) is 2.75. The summed E-state index contributed by atoms with van der Waals surface area (Å²) in [6.07, 6.45) is 0. The molecule has 0 fully saturated rings. The molecule has 0 saturated carbocycles. The molecule has 0 amide bonds. The van der Waals surface area contributed by atoms with E-state index in [1.807, 2.05) is 36.4 Å². The van der Waals surface area contributed by atoms with Crippen LogP contribution in [0.1, 0.15) is 12.5 Å². The van der Waals surface area contributed by atoms with Crippen LogP contribution in [0.25, 0.3) is 0 Å². The molecule has 0 bridgehead atoms. The number of nitrogens with zero attached hydrogens (tertiary/aromatic N) is 2. The predicted molar refractivity (Wildman–Crippen MR) is 78.0 cm³/mol. The van der Waals surface area contributed by atoms with Crippen LogP contribution in [0.4, 0.5) is 11.4 Å². The Morgan fingerprint density at radius 1 is 1.17 bits per heavy atom. The van der Waals surface area contributed by atoms with Gasteiger partial charge in [0.1, 0.15) is 0 Å². The van der Waals surface area contributed by atoms with Gasteiger partial charge in [0.25, 0.3) is 0 Å². The first-order valence-corrected chi connectivity index (χ1v) is 6.57. The summed E-state index contributed by atoms with van der Waals surface area (Å²) in [7, 11) is 0. The monoisotopic (exact) mass is 300 g/mol. The van der Waals surface area contributed by atoms with Crippen LogP contribution in [0.2, 0.25) is 0 Å². The topological polar surface area (TPSA) is 27.0 Å². The van der Waals surface area contributed by atoms with Crippen LogP contribution in [-0.4, -0.2) is 6.54 Å². The van der Waals surface area contributed by atoms with Crippen LogP contribution in [0.5, 0.6) is 0 Å². The van der Waals surface area contributed by atoms with Crippen LogP contribution in [0.3, 0.4) is 0 Å². The van der Waals surface area contributed by atoms with E-state index in [0.29, 0.717) is 5.56 Å². The zero-order chi connectivity index (χ0) is 13.0. The van der Waals surface area contributed by atoms with Gasteiger partial charge in [-0.25, -0.2) is 0 Å². The number of para-hydroxylation sites is 1. The summed E-state index contributed by atoms with van der Waals surface area (Å²) in [5.74, 6) is 0. The lowest BCUT2D eigenvalue weighted by Gasteiger charge is -2.24. The fraction of sp³-hybridized carbons (Fsp3) is 0.133. The van der Waals surface area contributed by atoms with E-state index in [2.05, 4.69) is 46.0 Å². The molecule has 0 unspecified atom stereocenters. The molecule has 0 heterocycles. The summed E-state index contributed by atoms with van der Waals surface area (Å²) in [5.41, 5.74) is 2.88. The first-order chi connectivity index (χ1) is 8.76. The SMILES string of the molecule is CCN(c1ccccc1)c1ccc(C#N)cc1Br. The molecular formula is C15H13BrN2. The Bertz CT molecular complexity index is 573. The lowest BCUT2D eigenvalue weighted by Crippen LogP contribution is -2.16. The van der Waals surface area contributed by atoms with Gasteiger partial charge < -0.3 is 4.90 Å². The molecule has 0 aromatic heterocycles. The van der Waals surface area contributed by atoms with Crippen molar-refractivity contribution in [2.75, 3.05) is 11.4 Å². The largest absolute Gasteiger partial charge is 0.341 e. The van der Waals surface area contributed by atoms with Crippen molar-refractivity contribution in [3.05, 3.63) is 58.6 Å². The van der Waals surface area contributed by atoms with Crippen LogP contribution in [-0.2, 0) is 0 Å². The molecule has 0 N–H and O–H groups in total. The molecule has 2 rings (SSSR count). The minimum absolute atomic E-state index is 0.662. The second-order valence-electron chi connectivity index (χ2n) is 3.86. The number of anilines is 2. The highest BCUT2D eigenvalue weighted by Crippen LogP contribution is 2.32. The van der Waals surface area contributed by atoms with Crippen LogP contribution >= 0.6 is 15.9 Å². The Balaban J connectivity index is 2.43. The van der Waals surface area contributed by atoms with Gasteiger partial charge in [0.05, 0.1) is 17.3 Å². The minimum Gasteiger partial charge on any atom is -0.341 e. The summed E-state index contributed by atoms with van der Waals surface area (Å²) < 4.78 is 0.937. The molecule has 2 nitrogen and oxygen atoms in total. The maximum atomic E-state index is 8.88. The smallest absolute Gasteiger partial charge is 0.0992 e. The minimum atomic E-state index is 0.662. The third kappa shape index (κ3) is 2.55. The van der Waals surface area contributed by atoms with Gasteiger partial charge in [-0.2, -0.15) is 5.26 Å². The first-order valence-electron chi connectivity index (χ1n) is 5.78. The standard InChI is InChI=1S/C15H13BrN2/c1-2-18(13-6-4-3-5-7-13)15-9-8-12(11-17)10-14(15)16/h3-10H,2H2,1H3. The van der Waals surface area contributed by atoms with Gasteiger partial charge in [-0.3, -0.25) is 0 Å². The number of hydrogen-bond acceptors (Lipinski definition) is 2. The van der Waals surface area contributed by atoms with Crippen LogP contribution in [0, 0.1) is 11.3 Å². The van der Waals surface area contributed by atoms with E-state index in [9.17, 15) is 0 Å². The van der Waals surface area contributed by atoms with Crippen molar-refractivity contribution < 1.29 is 0 Å². The molecule has 0 aliphatic heterocycles. The number of halogens is 1. The normalized spacial score (nSPS) is 9.83. The maximum absolute atomic E-state index is 8.88. The van der Waals surface area contributed by atoms with Crippen LogP contribution < -0.4 is 4.90 Å². The molecule has 18 heavy (non-hydrogen) atoms. The summed E-state index contributed by atoms with van der Waals surface area (Å²) in [5, 5.41) is 8.88. The Kier molecular flexibility index (Phi) is 4.01. The van der Waals surface area contributed by atoms with Crippen molar-refractivity contribution >= 4 is 27.3 Å². The first kappa shape index (κ1) is 12.7. The molecular weight excluding hydrogens is 288 g/mol. The molecule has 2 aromatic carbocycles. The number of nitriles is 1. The Labute approximate surface area is 116 Å². The van der Waals surface area contributed by atoms with E-state index in [1.165, 1.54) is 0 Å². The van der Waals surface area contributed by atoms with Gasteiger partial charge in [0, 0.05) is 16.7 Å². The van der Waals surface area contributed by atoms with E-state index in [-0.39, 0.29) is 0 Å². The van der Waals surface area contributed by atoms with Gasteiger partial charge in [-0.1, -0.05) is 18.2 Å². The predicted octanol–water partition coefficient (Wildman–Crippen LogP) is 4.48. The molecule has 90 valence electrons. The highest BCUT2D eigenvalue weighted by atomic mass is 79.9. The Hall–Kier alpha value is -1.79. The van der Waals surface area contributed by atoms with Crippen molar-refractivity contribution in [2.24, 2.45) is 0 Å². The number of hydrogen-bond donors (Lipinski definition) is 0. The van der Waals surface area contributed by atoms with Crippen molar-refractivity contribution in [3.63, 3.8) is 0 Å². The maximum Gasteiger partial charge on any atom is 0.0992 e. The molecule has 0 aliphatic rings. The second-order valence-corrected chi connectivity index (χ2v) is 4.71. The lowest BCUT2D eigenvalue weighted by atomic mass is 10.2. The van der Waals surface area contributed by atoms with E-state index >= 15 is 0 Å². The Morgan fingerprint density at radius 2 is 1.89 bits per heavy atom. The van der Waals surface area contributed by atoms with E-state index in [4.69, 9.17) is 5.26 Å². The molecule has 0 atom stereocenters. The third-order valence-corrected chi connectivity index (χ3v) is 3.39. The number of benzene rings is 2. The molecule has 0 spiro atoms. The Morgan fingerprint density at radius 3 is 2.44 bits per heavy atom. The highest BCUT2D eigenvalue weighted by molar-refractivity contribution is 9.10. The van der Waals surface area contributed by atoms with Gasteiger partial charge in [0.2, 0.25) is 0 Å². The van der Waals surface area contributed by atoms with E-state index in [1.54, 1.807) is 0 Å². The zero-order valence-electron chi connectivity index (χ0n) is 10.1. The molecule has 0 radical (unpaired) electrons. The van der Waals surface area contributed by atoms with Gasteiger partial charge >= 0.3 is 0 Å². The van der Waals surface area contributed by atoms with Crippen molar-refractivity contribution in [1.82, 2.24) is 0 Å². The van der Waals surface area contributed by atoms with Crippen molar-refractivity contribution in [1.29, 1.82) is 5.26 Å². The lowest BCUT2D eigenvalue weighted by molar-refractivity contribution is 1.02. The summed E-state index contributed by atoms with van der Waals surface area (Å²) in [4.78, 5) is 2.20. The van der Waals surface area contributed by atoms with E-state index in [0.717, 1.165) is 22.4 Å². The van der Waals surface area contributed by atoms with E-state index < -0.39 is 0 Å². The van der Waals surface area contributed by atoms with Gasteiger partial charge in [-0.15, -0.1) is 0 Å². The van der Waals surface area contributed by atoms with Crippen molar-refractivity contribution in [3.8, 4) is 6.07 Å². The van der Waals surface area contributed by atoms with Gasteiger partial charge in [-0.05, 0) is 53.2 Å². The molecule has 0 aliphatic carbocycles. The molecule has 3 heteroatoms. The summed E-state index contributed by atoms with van der Waals surface area (Å²) in [6.45, 7) is 2.98. The quantitative estimate of drug-likeness (QED) is 0.836. The van der Waals surface area contributed by atoms with Crippen molar-refractivity contribution in [2.45, 2.75) is 6.92 Å². The van der Waals surface area contributed by atoms with Gasteiger partial charge in [0.15, 0.2) is 0 Å². The fourth-order valence-corrected chi connectivity index (χ4v) is 2.49. The average molecular weight is 301 g/mol.